The van der Waals surface area contributed by atoms with E-state index in [0.717, 1.165) is 0 Å². The molecule has 0 unspecified atom stereocenters. The lowest BCUT2D eigenvalue weighted by Crippen LogP contribution is -2.42. The van der Waals surface area contributed by atoms with E-state index in [-0.39, 0.29) is 24.1 Å². The second-order valence-corrected chi connectivity index (χ2v) is 6.96. The summed E-state index contributed by atoms with van der Waals surface area (Å²) in [4.78, 5) is 26.7. The lowest BCUT2D eigenvalue weighted by molar-refractivity contribution is -0.137. The third-order valence-corrected chi connectivity index (χ3v) is 5.09. The molecule has 1 fully saturated rings. The van der Waals surface area contributed by atoms with Crippen molar-refractivity contribution < 1.29 is 33.3 Å². The zero-order chi connectivity index (χ0) is 21.8. The molecule has 2 aliphatic rings. The molecule has 1 saturated heterocycles. The number of rotatable bonds is 6. The Hall–Kier alpha value is -3.52. The number of carbonyl (C=O) groups is 2. The molecule has 2 aromatic carbocycles. The Morgan fingerprint density at radius 3 is 2.68 bits per heavy atom. The minimum absolute atomic E-state index is 0.0869. The number of Topliss-reactive ketones (excluding diaryl/α,β-unsaturated/α-hetero) is 1. The number of fused-ring (bicyclic) bond motifs is 1. The third kappa shape index (κ3) is 4.34. The summed E-state index contributed by atoms with van der Waals surface area (Å²) < 4.78 is 27.4. The molecule has 0 spiro atoms. The second-order valence-electron chi connectivity index (χ2n) is 6.96. The van der Waals surface area contributed by atoms with Crippen molar-refractivity contribution in [2.24, 2.45) is 0 Å². The van der Waals surface area contributed by atoms with Crippen LogP contribution in [0.2, 0.25) is 0 Å². The molecular weight excluding hydrogens is 402 g/mol. The molecule has 4 rings (SSSR count). The van der Waals surface area contributed by atoms with E-state index in [1.165, 1.54) is 7.11 Å². The fraction of sp³-hybridized carbons (Fsp3) is 0.304. The maximum absolute atomic E-state index is 12.8. The summed E-state index contributed by atoms with van der Waals surface area (Å²) in [6.07, 6.45) is 1.62. The summed E-state index contributed by atoms with van der Waals surface area (Å²) in [5.74, 6) is 1.73. The van der Waals surface area contributed by atoms with Crippen LogP contribution in [0.15, 0.2) is 42.2 Å². The molecule has 31 heavy (non-hydrogen) atoms. The van der Waals surface area contributed by atoms with Crippen molar-refractivity contribution in [2.75, 3.05) is 47.1 Å². The van der Waals surface area contributed by atoms with E-state index in [0.29, 0.717) is 60.4 Å². The molecule has 162 valence electrons. The van der Waals surface area contributed by atoms with Crippen LogP contribution < -0.4 is 18.9 Å². The molecule has 8 heteroatoms. The lowest BCUT2D eigenvalue weighted by atomic mass is 10.1. The van der Waals surface area contributed by atoms with Gasteiger partial charge in [0, 0.05) is 24.7 Å². The summed E-state index contributed by atoms with van der Waals surface area (Å²) in [6, 6.07) is 10.3. The third-order valence-electron chi connectivity index (χ3n) is 5.09. The van der Waals surface area contributed by atoms with Crippen LogP contribution in [0.25, 0.3) is 6.08 Å². The van der Waals surface area contributed by atoms with E-state index in [1.807, 2.05) is 0 Å². The number of methoxy groups -OCH3 is 2. The first kappa shape index (κ1) is 20.7. The van der Waals surface area contributed by atoms with Gasteiger partial charge in [0.15, 0.2) is 23.9 Å². The van der Waals surface area contributed by atoms with Crippen molar-refractivity contribution in [3.63, 3.8) is 0 Å². The highest BCUT2D eigenvalue weighted by Crippen LogP contribution is 2.37. The molecule has 0 N–H and O–H groups in total. The maximum atomic E-state index is 12.8. The summed E-state index contributed by atoms with van der Waals surface area (Å²) in [5, 5.41) is 0. The van der Waals surface area contributed by atoms with E-state index in [2.05, 4.69) is 0 Å². The first-order chi connectivity index (χ1) is 15.1. The van der Waals surface area contributed by atoms with Crippen LogP contribution in [0.3, 0.4) is 0 Å². The Morgan fingerprint density at radius 1 is 1.13 bits per heavy atom. The van der Waals surface area contributed by atoms with Gasteiger partial charge in [-0.1, -0.05) is 12.1 Å². The highest BCUT2D eigenvalue weighted by molar-refractivity contribution is 6.14. The van der Waals surface area contributed by atoms with Crippen LogP contribution in [0.5, 0.6) is 23.0 Å². The number of allylic oxidation sites excluding steroid dienone is 1. The van der Waals surface area contributed by atoms with Gasteiger partial charge in [-0.05, 0) is 24.3 Å². The van der Waals surface area contributed by atoms with Crippen LogP contribution in [-0.4, -0.2) is 63.7 Å². The molecule has 2 aromatic rings. The van der Waals surface area contributed by atoms with Crippen molar-refractivity contribution in [3.05, 3.63) is 53.3 Å². The van der Waals surface area contributed by atoms with Gasteiger partial charge in [-0.15, -0.1) is 0 Å². The molecule has 1 amide bonds. The Labute approximate surface area is 179 Å². The van der Waals surface area contributed by atoms with E-state index in [1.54, 1.807) is 54.5 Å². The lowest BCUT2D eigenvalue weighted by Gasteiger charge is -2.26. The summed E-state index contributed by atoms with van der Waals surface area (Å²) in [5.41, 5.74) is 1.09. The van der Waals surface area contributed by atoms with E-state index in [9.17, 15) is 9.59 Å². The number of hydrogen-bond donors (Lipinski definition) is 0. The Morgan fingerprint density at radius 2 is 1.94 bits per heavy atom. The molecule has 0 bridgehead atoms. The SMILES string of the molecule is COc1cccc(/C=C2/Oc3cc(OCC(=O)N4CCOCC4)ccc3C2=O)c1OC. The fourth-order valence-electron chi connectivity index (χ4n) is 3.47. The van der Waals surface area contributed by atoms with Crippen LogP contribution >= 0.6 is 0 Å². The largest absolute Gasteiger partial charge is 0.493 e. The topological polar surface area (TPSA) is 83.5 Å². The van der Waals surface area contributed by atoms with Crippen molar-refractivity contribution in [1.29, 1.82) is 0 Å². The van der Waals surface area contributed by atoms with E-state index >= 15 is 0 Å². The van der Waals surface area contributed by atoms with Gasteiger partial charge in [-0.3, -0.25) is 9.59 Å². The molecule has 0 aromatic heterocycles. The maximum Gasteiger partial charge on any atom is 0.260 e. The van der Waals surface area contributed by atoms with Gasteiger partial charge in [0.2, 0.25) is 5.78 Å². The van der Waals surface area contributed by atoms with Crippen molar-refractivity contribution in [2.45, 2.75) is 0 Å². The average molecular weight is 425 g/mol. The number of ketones is 1. The Kier molecular flexibility index (Phi) is 6.08. The van der Waals surface area contributed by atoms with E-state index < -0.39 is 0 Å². The van der Waals surface area contributed by atoms with Gasteiger partial charge in [-0.2, -0.15) is 0 Å². The number of hydrogen-bond acceptors (Lipinski definition) is 7. The number of morpholine rings is 1. The second kappa shape index (κ2) is 9.09. The first-order valence-corrected chi connectivity index (χ1v) is 9.88. The molecule has 0 radical (unpaired) electrons. The highest BCUT2D eigenvalue weighted by Gasteiger charge is 2.28. The standard InChI is InChI=1S/C23H23NO7/c1-27-18-5-3-4-15(23(18)28-2)12-20-22(26)17-7-6-16(13-19(17)31-20)30-14-21(25)24-8-10-29-11-9-24/h3-7,12-13H,8-11,14H2,1-2H3/b20-12+. The summed E-state index contributed by atoms with van der Waals surface area (Å²) in [6.45, 7) is 2.11. The van der Waals surface area contributed by atoms with Gasteiger partial charge in [0.1, 0.15) is 11.5 Å². The molecule has 0 atom stereocenters. The van der Waals surface area contributed by atoms with Crippen molar-refractivity contribution in [1.82, 2.24) is 4.90 Å². The quantitative estimate of drug-likeness (QED) is 0.658. The normalized spacial score (nSPS) is 16.6. The molecule has 2 aliphatic heterocycles. The van der Waals surface area contributed by atoms with Gasteiger partial charge in [0.25, 0.3) is 5.91 Å². The van der Waals surface area contributed by atoms with Crippen molar-refractivity contribution >= 4 is 17.8 Å². The molecule has 2 heterocycles. The predicted molar refractivity (Wildman–Crippen MR) is 112 cm³/mol. The van der Waals surface area contributed by atoms with Gasteiger partial charge in [0.05, 0.1) is 33.0 Å². The fourth-order valence-corrected chi connectivity index (χ4v) is 3.47. The monoisotopic (exact) mass is 425 g/mol. The molecule has 0 saturated carbocycles. The number of amides is 1. The zero-order valence-corrected chi connectivity index (χ0v) is 17.4. The molecule has 0 aliphatic carbocycles. The van der Waals surface area contributed by atoms with Gasteiger partial charge < -0.3 is 28.6 Å². The minimum Gasteiger partial charge on any atom is -0.493 e. The van der Waals surface area contributed by atoms with Gasteiger partial charge in [-0.25, -0.2) is 0 Å². The van der Waals surface area contributed by atoms with Crippen LogP contribution in [-0.2, 0) is 9.53 Å². The average Bonchev–Trinajstić information content (AvgIpc) is 3.12. The summed E-state index contributed by atoms with van der Waals surface area (Å²) in [7, 11) is 3.08. The Bertz CT molecular complexity index is 1020. The Balaban J connectivity index is 1.48. The summed E-state index contributed by atoms with van der Waals surface area (Å²) >= 11 is 0. The zero-order valence-electron chi connectivity index (χ0n) is 17.4. The first-order valence-electron chi connectivity index (χ1n) is 9.88. The smallest absolute Gasteiger partial charge is 0.260 e. The number of para-hydroxylation sites is 1. The van der Waals surface area contributed by atoms with Crippen LogP contribution in [0.1, 0.15) is 15.9 Å². The number of carbonyl (C=O) groups excluding carboxylic acids is 2. The highest BCUT2D eigenvalue weighted by atomic mass is 16.5. The van der Waals surface area contributed by atoms with Crippen LogP contribution in [0, 0.1) is 0 Å². The van der Waals surface area contributed by atoms with E-state index in [4.69, 9.17) is 23.7 Å². The molecular formula is C23H23NO7. The number of benzene rings is 2. The van der Waals surface area contributed by atoms with Crippen LogP contribution in [0.4, 0.5) is 0 Å². The predicted octanol–water partition coefficient (Wildman–Crippen LogP) is 2.56. The molecule has 8 nitrogen and oxygen atoms in total. The minimum atomic E-state index is -0.240. The van der Waals surface area contributed by atoms with Crippen molar-refractivity contribution in [3.8, 4) is 23.0 Å². The van der Waals surface area contributed by atoms with Gasteiger partial charge >= 0.3 is 0 Å². The number of ether oxygens (including phenoxy) is 5. The number of nitrogens with zero attached hydrogens (tertiary/aromatic N) is 1.